The number of amides is 1. The van der Waals surface area contributed by atoms with Crippen LogP contribution in [0.1, 0.15) is 5.56 Å². The zero-order valence-corrected chi connectivity index (χ0v) is 8.79. The van der Waals surface area contributed by atoms with E-state index in [9.17, 15) is 14.9 Å². The van der Waals surface area contributed by atoms with Crippen LogP contribution in [-0.2, 0) is 4.79 Å². The van der Waals surface area contributed by atoms with Gasteiger partial charge in [-0.15, -0.1) is 0 Å². The maximum absolute atomic E-state index is 11.1. The predicted octanol–water partition coefficient (Wildman–Crippen LogP) is 1.03. The minimum atomic E-state index is -0.464. The summed E-state index contributed by atoms with van der Waals surface area (Å²) in [6.45, 7) is 0.170. The smallest absolute Gasteiger partial charge is 0.270 e. The van der Waals surface area contributed by atoms with Crippen molar-refractivity contribution in [2.24, 2.45) is 4.99 Å². The van der Waals surface area contributed by atoms with E-state index in [2.05, 4.69) is 10.3 Å². The Bertz CT molecular complexity index is 535. The largest absolute Gasteiger partial charge is 0.333 e. The SMILES string of the molecule is O=C1C=CC(c2cccc([N+](=O)[O-])c2)=NCN1. The number of nitrogens with zero attached hydrogens (tertiary/aromatic N) is 2. The zero-order chi connectivity index (χ0) is 12.3. The van der Waals surface area contributed by atoms with Crippen molar-refractivity contribution in [3.63, 3.8) is 0 Å². The summed E-state index contributed by atoms with van der Waals surface area (Å²) in [5, 5.41) is 13.2. The molecule has 0 saturated heterocycles. The summed E-state index contributed by atoms with van der Waals surface area (Å²) in [6.07, 6.45) is 2.89. The zero-order valence-electron chi connectivity index (χ0n) is 8.79. The Labute approximate surface area is 96.8 Å². The molecule has 0 unspecified atom stereocenters. The number of nitrogens with one attached hydrogen (secondary N) is 1. The Hall–Kier alpha value is -2.50. The highest BCUT2D eigenvalue weighted by Gasteiger charge is 2.10. The van der Waals surface area contributed by atoms with Gasteiger partial charge in [-0.3, -0.25) is 19.9 Å². The monoisotopic (exact) mass is 231 g/mol. The summed E-state index contributed by atoms with van der Waals surface area (Å²) in [4.78, 5) is 25.3. The lowest BCUT2D eigenvalue weighted by atomic mass is 10.1. The van der Waals surface area contributed by atoms with Crippen LogP contribution in [0.25, 0.3) is 0 Å². The molecule has 0 atom stereocenters. The van der Waals surface area contributed by atoms with Gasteiger partial charge in [0.15, 0.2) is 0 Å². The topological polar surface area (TPSA) is 84.6 Å². The number of aliphatic imine (C=N–C) groups is 1. The van der Waals surface area contributed by atoms with Crippen LogP contribution < -0.4 is 5.32 Å². The summed E-state index contributed by atoms with van der Waals surface area (Å²) in [6, 6.07) is 6.14. The van der Waals surface area contributed by atoms with E-state index < -0.39 is 4.92 Å². The second-order valence-corrected chi connectivity index (χ2v) is 3.38. The molecule has 1 aromatic carbocycles. The molecule has 1 amide bonds. The molecule has 1 N–H and O–H groups in total. The van der Waals surface area contributed by atoms with Crippen molar-refractivity contribution in [3.8, 4) is 0 Å². The Morgan fingerprint density at radius 3 is 2.94 bits per heavy atom. The van der Waals surface area contributed by atoms with Gasteiger partial charge in [-0.25, -0.2) is 0 Å². The van der Waals surface area contributed by atoms with E-state index in [1.165, 1.54) is 18.2 Å². The van der Waals surface area contributed by atoms with Crippen LogP contribution in [0, 0.1) is 10.1 Å². The summed E-state index contributed by atoms with van der Waals surface area (Å²) < 4.78 is 0. The Morgan fingerprint density at radius 1 is 1.35 bits per heavy atom. The van der Waals surface area contributed by atoms with Gasteiger partial charge in [-0.1, -0.05) is 12.1 Å². The minimum Gasteiger partial charge on any atom is -0.333 e. The summed E-state index contributed by atoms with van der Waals surface area (Å²) in [5.74, 6) is -0.228. The molecule has 1 aliphatic rings. The first-order chi connectivity index (χ1) is 8.16. The highest BCUT2D eigenvalue weighted by atomic mass is 16.6. The predicted molar refractivity (Wildman–Crippen MR) is 61.8 cm³/mol. The molecule has 1 heterocycles. The highest BCUT2D eigenvalue weighted by molar-refractivity contribution is 6.12. The van der Waals surface area contributed by atoms with E-state index in [4.69, 9.17) is 0 Å². The minimum absolute atomic E-state index is 0.00197. The average molecular weight is 231 g/mol. The van der Waals surface area contributed by atoms with Gasteiger partial charge in [0.25, 0.3) is 5.69 Å². The highest BCUT2D eigenvalue weighted by Crippen LogP contribution is 2.14. The molecule has 0 aliphatic carbocycles. The lowest BCUT2D eigenvalue weighted by Crippen LogP contribution is -2.19. The Kier molecular flexibility index (Phi) is 2.95. The van der Waals surface area contributed by atoms with Crippen LogP contribution in [0.4, 0.5) is 5.69 Å². The number of carbonyl (C=O) groups excluding carboxylic acids is 1. The van der Waals surface area contributed by atoms with E-state index in [-0.39, 0.29) is 18.3 Å². The lowest BCUT2D eigenvalue weighted by Gasteiger charge is -2.00. The molecule has 0 bridgehead atoms. The molecule has 0 radical (unpaired) electrons. The first-order valence-corrected chi connectivity index (χ1v) is 4.92. The molecule has 6 heteroatoms. The molecule has 0 aromatic heterocycles. The van der Waals surface area contributed by atoms with Crippen LogP contribution in [0.5, 0.6) is 0 Å². The van der Waals surface area contributed by atoms with E-state index in [0.29, 0.717) is 11.3 Å². The quantitative estimate of drug-likeness (QED) is 0.609. The third kappa shape index (κ3) is 2.54. The van der Waals surface area contributed by atoms with Crippen molar-refractivity contribution >= 4 is 17.3 Å². The van der Waals surface area contributed by atoms with Crippen molar-refractivity contribution in [1.82, 2.24) is 5.32 Å². The summed E-state index contributed by atoms with van der Waals surface area (Å²) in [5.41, 5.74) is 1.17. The van der Waals surface area contributed by atoms with E-state index >= 15 is 0 Å². The van der Waals surface area contributed by atoms with Gasteiger partial charge >= 0.3 is 0 Å². The molecule has 86 valence electrons. The maximum Gasteiger partial charge on any atom is 0.270 e. The fourth-order valence-electron chi connectivity index (χ4n) is 1.44. The third-order valence-electron chi connectivity index (χ3n) is 2.25. The first-order valence-electron chi connectivity index (χ1n) is 4.92. The Balaban J connectivity index is 2.36. The molecule has 1 aliphatic heterocycles. The van der Waals surface area contributed by atoms with Crippen LogP contribution in [0.2, 0.25) is 0 Å². The second kappa shape index (κ2) is 4.56. The van der Waals surface area contributed by atoms with Crippen molar-refractivity contribution in [1.29, 1.82) is 0 Å². The maximum atomic E-state index is 11.1. The molecule has 6 nitrogen and oxygen atoms in total. The number of carbonyl (C=O) groups is 1. The number of nitro groups is 1. The normalized spacial score (nSPS) is 14.8. The van der Waals surface area contributed by atoms with Gasteiger partial charge in [-0.05, 0) is 6.08 Å². The van der Waals surface area contributed by atoms with Gasteiger partial charge in [0, 0.05) is 23.8 Å². The van der Waals surface area contributed by atoms with Gasteiger partial charge in [0.2, 0.25) is 5.91 Å². The van der Waals surface area contributed by atoms with Gasteiger partial charge in [0.1, 0.15) is 6.67 Å². The van der Waals surface area contributed by atoms with Crippen molar-refractivity contribution in [3.05, 3.63) is 52.1 Å². The van der Waals surface area contributed by atoms with Gasteiger partial charge in [-0.2, -0.15) is 0 Å². The molecule has 1 aromatic rings. The van der Waals surface area contributed by atoms with E-state index in [1.807, 2.05) is 0 Å². The standard InChI is InChI=1S/C11H9N3O3/c15-11-5-4-10(12-7-13-11)8-2-1-3-9(6-8)14(16)17/h1-6H,7H2,(H,13,15). The fraction of sp³-hybridized carbons (Fsp3) is 0.0909. The van der Waals surface area contributed by atoms with Crippen LogP contribution in [-0.4, -0.2) is 23.2 Å². The molecule has 0 fully saturated rings. The number of rotatable bonds is 2. The molecular weight excluding hydrogens is 222 g/mol. The van der Waals surface area contributed by atoms with Gasteiger partial charge < -0.3 is 5.32 Å². The Morgan fingerprint density at radius 2 is 2.18 bits per heavy atom. The fourth-order valence-corrected chi connectivity index (χ4v) is 1.44. The molecule has 0 saturated carbocycles. The third-order valence-corrected chi connectivity index (χ3v) is 2.25. The van der Waals surface area contributed by atoms with Gasteiger partial charge in [0.05, 0.1) is 10.6 Å². The number of hydrogen-bond donors (Lipinski definition) is 1. The number of non-ortho nitro benzene ring substituents is 1. The molecule has 0 spiro atoms. The molecule has 2 rings (SSSR count). The second-order valence-electron chi connectivity index (χ2n) is 3.38. The number of benzene rings is 1. The van der Waals surface area contributed by atoms with Crippen LogP contribution >= 0.6 is 0 Å². The summed E-state index contributed by atoms with van der Waals surface area (Å²) in [7, 11) is 0. The molecular formula is C11H9N3O3. The van der Waals surface area contributed by atoms with Crippen molar-refractivity contribution in [2.45, 2.75) is 0 Å². The van der Waals surface area contributed by atoms with Crippen LogP contribution in [0.3, 0.4) is 0 Å². The van der Waals surface area contributed by atoms with E-state index in [1.54, 1.807) is 18.2 Å². The lowest BCUT2D eigenvalue weighted by molar-refractivity contribution is -0.384. The average Bonchev–Trinajstić information content (AvgIpc) is 2.54. The molecule has 17 heavy (non-hydrogen) atoms. The van der Waals surface area contributed by atoms with Crippen molar-refractivity contribution < 1.29 is 9.72 Å². The van der Waals surface area contributed by atoms with Crippen molar-refractivity contribution in [2.75, 3.05) is 6.67 Å². The van der Waals surface area contributed by atoms with E-state index in [0.717, 1.165) is 0 Å². The number of nitro benzene ring substituents is 1. The number of hydrogen-bond acceptors (Lipinski definition) is 4. The number of allylic oxidation sites excluding steroid dienone is 1. The van der Waals surface area contributed by atoms with Crippen LogP contribution in [0.15, 0.2) is 41.4 Å². The summed E-state index contributed by atoms with van der Waals surface area (Å²) >= 11 is 0. The first kappa shape index (κ1) is 11.0.